The molecular weight excluding hydrogens is 1440 g/mol. The number of carbonyl (C=O) groups is 12. The number of hydrogen-bond acceptors (Lipinski definition) is 21. The lowest BCUT2D eigenvalue weighted by atomic mass is 9.91. The summed E-state index contributed by atoms with van der Waals surface area (Å²) in [4.78, 5) is 168. The molecule has 2 aliphatic heterocycles. The summed E-state index contributed by atoms with van der Waals surface area (Å²) in [5.74, 6) is -6.45. The van der Waals surface area contributed by atoms with E-state index in [0.29, 0.717) is 70.5 Å². The van der Waals surface area contributed by atoms with Gasteiger partial charge in [0.15, 0.2) is 0 Å². The number of hydrazone groups is 1. The van der Waals surface area contributed by atoms with E-state index < -0.39 is 112 Å². The van der Waals surface area contributed by atoms with Crippen LogP contribution in [0.25, 0.3) is 0 Å². The van der Waals surface area contributed by atoms with Crippen LogP contribution in [-0.4, -0.2) is 200 Å². The SMILES string of the molecule is CC[C@H](C)[C@@H](CCC(=O)N1CCC[C@H]1[C@H](OC)[C@@H](C)C(=O)N[C@H](C)[C@@H](O)c1ccccc1)N(C)C(=O)C(NC(=O)[C@H](C(C)C)N(C)C(=O)OCc1ccc(NC(=O)[C@H](C)NC(=O)[C@@H](NC(=O)CCSSC(C)(C)CC(=O)N/N=C(\C)c2ccc(OCCCC(=O)ON3C(=O)CCC3=O)cc2O)C(C)C)cc1)C(C)C. The number of aliphatic hydroxyl groups is 1. The number of aliphatic hydroxyl groups excluding tert-OH is 1. The van der Waals surface area contributed by atoms with Crippen molar-refractivity contribution in [3.63, 3.8) is 0 Å². The normalized spacial score (nSPS) is 16.7. The summed E-state index contributed by atoms with van der Waals surface area (Å²) in [5, 5.41) is 40.4. The maximum Gasteiger partial charge on any atom is 0.410 e. The Morgan fingerprint density at radius 1 is 0.743 bits per heavy atom. The molecule has 0 aromatic heterocycles. The molecule has 31 heteroatoms. The Bertz CT molecular complexity index is 3620. The fourth-order valence-electron chi connectivity index (χ4n) is 12.8. The summed E-state index contributed by atoms with van der Waals surface area (Å²) >= 11 is 0. The molecule has 2 aliphatic rings. The molecule has 0 aliphatic carbocycles. The zero-order valence-electron chi connectivity index (χ0n) is 66.1. The number of carbonyl (C=O) groups excluding carboxylic acids is 12. The van der Waals surface area contributed by atoms with Crippen LogP contribution in [0, 0.1) is 29.6 Å². The minimum absolute atomic E-state index is 0.00744. The lowest BCUT2D eigenvalue weighted by molar-refractivity contribution is -0.197. The van der Waals surface area contributed by atoms with Crippen molar-refractivity contribution in [2.75, 3.05) is 45.4 Å². The van der Waals surface area contributed by atoms with Gasteiger partial charge >= 0.3 is 12.1 Å². The number of methoxy groups -OCH3 is 1. The van der Waals surface area contributed by atoms with E-state index in [9.17, 15) is 67.7 Å². The molecule has 109 heavy (non-hydrogen) atoms. The van der Waals surface area contributed by atoms with Crippen molar-refractivity contribution in [3.05, 3.63) is 89.5 Å². The van der Waals surface area contributed by atoms with Crippen LogP contribution in [0.15, 0.2) is 77.9 Å². The summed E-state index contributed by atoms with van der Waals surface area (Å²) < 4.78 is 16.7. The molecule has 2 saturated heterocycles. The molecule has 5 rings (SSSR count). The van der Waals surface area contributed by atoms with Gasteiger partial charge in [-0.25, -0.2) is 15.0 Å². The standard InChI is InChI=1S/C78H115N11O18S2/c1-18-48(8)58(34-35-63(93)88-39-22-26-59(88)71(104-17)49(9)72(98)79-51(11)70(97)54-24-20-19-21-25-54)86(15)76(102)68(46(4)5)83-75(101)69(47(6)7)87(16)77(103)106-44-53-28-30-55(31-29-53)81-73(99)52(12)80-74(100)67(45(2)3)82-61(91)38-41-108-109-78(13,14)43-62(92)85-84-50(10)57-33-32-56(42-60(57)90)105-40-23-27-66(96)107-89-64(94)36-37-65(89)95/h19-21,24-25,28-33,42,45-49,51-52,58-59,67-71,90,97H,18,22-23,26-27,34-41,43-44H2,1-17H3,(H,79,98)(H,80,100)(H,81,99)(H,82,91)(H,83,101)(H,85,92)/b84-50+/t48-,49+,51+,52-,58+,59-,67-,68?,69-,70+,71+/m0/s1. The van der Waals surface area contributed by atoms with Gasteiger partial charge in [0, 0.05) is 93.7 Å². The molecule has 1 unspecified atom stereocenters. The molecule has 0 spiro atoms. The number of aromatic hydroxyl groups is 1. The largest absolute Gasteiger partial charge is 0.507 e. The minimum Gasteiger partial charge on any atom is -0.507 e. The highest BCUT2D eigenvalue weighted by Crippen LogP contribution is 2.39. The van der Waals surface area contributed by atoms with Gasteiger partial charge < -0.3 is 65.6 Å². The number of benzene rings is 3. The van der Waals surface area contributed by atoms with Crippen molar-refractivity contribution in [3.8, 4) is 11.5 Å². The van der Waals surface area contributed by atoms with Gasteiger partial charge in [0.1, 0.15) is 42.3 Å². The molecule has 29 nitrogen and oxygen atoms in total. The monoisotopic (exact) mass is 1560 g/mol. The molecule has 0 saturated carbocycles. The predicted octanol–water partition coefficient (Wildman–Crippen LogP) is 8.49. The number of ether oxygens (including phenoxy) is 3. The maximum atomic E-state index is 14.6. The summed E-state index contributed by atoms with van der Waals surface area (Å²) in [5.41, 5.74) is 4.78. The van der Waals surface area contributed by atoms with Crippen LogP contribution in [0.2, 0.25) is 0 Å². The molecule has 0 radical (unpaired) electrons. The average Bonchev–Trinajstić information content (AvgIpc) is 1.72. The number of hydroxylamine groups is 2. The number of likely N-dealkylation sites (tertiary alicyclic amines) is 1. The molecule has 2 heterocycles. The second-order valence-corrected chi connectivity index (χ2v) is 32.8. The number of nitrogens with one attached hydrogen (secondary N) is 6. The molecule has 11 atom stereocenters. The smallest absolute Gasteiger partial charge is 0.410 e. The van der Waals surface area contributed by atoms with Crippen LogP contribution >= 0.6 is 21.6 Å². The average molecular weight is 1560 g/mol. The fraction of sp³-hybridized carbons (Fsp3) is 0.603. The summed E-state index contributed by atoms with van der Waals surface area (Å²) in [6.07, 6.45) is 0.362. The number of anilines is 1. The first kappa shape index (κ1) is 90.8. The molecule has 0 bridgehead atoms. The Hall–Kier alpha value is -8.81. The van der Waals surface area contributed by atoms with Crippen LogP contribution in [-0.2, 0) is 73.7 Å². The number of imide groups is 1. The highest BCUT2D eigenvalue weighted by Gasteiger charge is 2.42. The lowest BCUT2D eigenvalue weighted by Gasteiger charge is -2.38. The van der Waals surface area contributed by atoms with Gasteiger partial charge in [0.25, 0.3) is 11.8 Å². The molecule has 3 aromatic rings. The van der Waals surface area contributed by atoms with Gasteiger partial charge in [-0.3, -0.25) is 52.8 Å². The van der Waals surface area contributed by atoms with Gasteiger partial charge in [-0.2, -0.15) is 5.10 Å². The summed E-state index contributed by atoms with van der Waals surface area (Å²) in [6.45, 7) is 25.5. The van der Waals surface area contributed by atoms with Gasteiger partial charge in [-0.15, -0.1) is 5.06 Å². The van der Waals surface area contributed by atoms with Crippen LogP contribution in [0.3, 0.4) is 0 Å². The third kappa shape index (κ3) is 27.6. The quantitative estimate of drug-likeness (QED) is 0.00866. The fourth-order valence-corrected chi connectivity index (χ4v) is 15.3. The second kappa shape index (κ2) is 43.5. The van der Waals surface area contributed by atoms with Crippen molar-refractivity contribution in [1.82, 2.24) is 46.5 Å². The Morgan fingerprint density at radius 3 is 2.00 bits per heavy atom. The number of nitrogens with zero attached hydrogens (tertiary/aromatic N) is 5. The van der Waals surface area contributed by atoms with E-state index in [1.807, 2.05) is 59.7 Å². The summed E-state index contributed by atoms with van der Waals surface area (Å²) in [6, 6.07) is 14.7. The van der Waals surface area contributed by atoms with Crippen LogP contribution in [0.4, 0.5) is 10.5 Å². The van der Waals surface area contributed by atoms with E-state index in [0.717, 1.165) is 6.42 Å². The van der Waals surface area contributed by atoms with Crippen LogP contribution in [0.1, 0.15) is 190 Å². The third-order valence-corrected chi connectivity index (χ3v) is 22.7. The Morgan fingerprint density at radius 2 is 1.39 bits per heavy atom. The molecule has 11 amide bonds. The predicted molar refractivity (Wildman–Crippen MR) is 415 cm³/mol. The zero-order chi connectivity index (χ0) is 81.1. The van der Waals surface area contributed by atoms with E-state index in [2.05, 4.69) is 37.1 Å². The first-order chi connectivity index (χ1) is 51.4. The van der Waals surface area contributed by atoms with Crippen LogP contribution < -0.4 is 36.7 Å². The van der Waals surface area contributed by atoms with E-state index in [1.54, 1.807) is 114 Å². The number of rotatable bonds is 42. The van der Waals surface area contributed by atoms with Crippen molar-refractivity contribution < 1.29 is 86.8 Å². The number of phenolic OH excluding ortho intramolecular Hbond substituents is 1. The number of likely N-dealkylation sites (N-methyl/N-ethyl adjacent to an activating group) is 2. The van der Waals surface area contributed by atoms with E-state index in [4.69, 9.17) is 19.0 Å². The van der Waals surface area contributed by atoms with Crippen LogP contribution in [0.5, 0.6) is 11.5 Å². The first-order valence-electron chi connectivity index (χ1n) is 37.4. The molecule has 2 fully saturated rings. The summed E-state index contributed by atoms with van der Waals surface area (Å²) in [7, 11) is 7.44. The van der Waals surface area contributed by atoms with Gasteiger partial charge in [0.2, 0.25) is 47.3 Å². The Labute approximate surface area is 648 Å². The maximum absolute atomic E-state index is 14.6. The number of phenols is 1. The highest BCUT2D eigenvalue weighted by atomic mass is 33.1. The van der Waals surface area contributed by atoms with E-state index in [-0.39, 0.29) is 111 Å². The Kier molecular flexibility index (Phi) is 36.3. The van der Waals surface area contributed by atoms with Gasteiger partial charge in [-0.05, 0) is 119 Å². The van der Waals surface area contributed by atoms with Gasteiger partial charge in [0.05, 0.1) is 48.9 Å². The van der Waals surface area contributed by atoms with Crippen molar-refractivity contribution in [2.45, 2.75) is 233 Å². The second-order valence-electron chi connectivity index (χ2n) is 29.7. The van der Waals surface area contributed by atoms with Crippen molar-refractivity contribution in [1.29, 1.82) is 0 Å². The zero-order valence-corrected chi connectivity index (χ0v) is 67.7. The molecule has 602 valence electrons. The first-order valence-corrected chi connectivity index (χ1v) is 39.7. The van der Waals surface area contributed by atoms with Crippen molar-refractivity contribution >= 4 is 104 Å². The minimum atomic E-state index is -1.05. The molecular formula is C78H115N11O18S2. The van der Waals surface area contributed by atoms with E-state index in [1.165, 1.54) is 53.6 Å². The van der Waals surface area contributed by atoms with E-state index >= 15 is 0 Å². The molecule has 8 N–H and O–H groups in total. The number of hydrogen-bond donors (Lipinski definition) is 8. The number of amides is 11. The van der Waals surface area contributed by atoms with Gasteiger partial charge in [-0.1, -0.05) is 133 Å². The van der Waals surface area contributed by atoms with Crippen molar-refractivity contribution in [2.24, 2.45) is 34.7 Å². The topological polar surface area (TPSA) is 380 Å². The molecule has 3 aromatic carbocycles. The third-order valence-electron chi connectivity index (χ3n) is 19.4. The Balaban J connectivity index is 1.03. The lowest BCUT2D eigenvalue weighted by Crippen LogP contribution is -2.58. The highest BCUT2D eigenvalue weighted by molar-refractivity contribution is 8.77.